The van der Waals surface area contributed by atoms with E-state index >= 15 is 0 Å². The molecule has 1 aromatic rings. The van der Waals surface area contributed by atoms with Gasteiger partial charge in [-0.3, -0.25) is 4.90 Å². The molecular formula is C14H18ClNO4. The average Bonchev–Trinajstić information content (AvgIpc) is 2.47. The molecular weight excluding hydrogens is 282 g/mol. The molecule has 0 amide bonds. The van der Waals surface area contributed by atoms with Crippen molar-refractivity contribution in [3.8, 4) is 11.5 Å². The van der Waals surface area contributed by atoms with E-state index in [1.54, 1.807) is 0 Å². The lowest BCUT2D eigenvalue weighted by atomic mass is 10.1. The fraction of sp³-hybridized carbons (Fsp3) is 0.571. The minimum Gasteiger partial charge on any atom is -0.486 e. The summed E-state index contributed by atoms with van der Waals surface area (Å²) in [5.74, 6) is 1.35. The Hall–Kier alpha value is -1.01. The molecule has 1 atom stereocenters. The van der Waals surface area contributed by atoms with E-state index in [4.69, 9.17) is 30.9 Å². The standard InChI is InChI=1S/C14H18ClNO4/c15-12-5-10(6-13-14(12)20-4-3-19-13)7-16-1-2-18-11(8-16)9-17/h5-6,11,17H,1-4,7-9H2. The molecule has 3 rings (SSSR count). The van der Waals surface area contributed by atoms with Crippen molar-refractivity contribution in [1.29, 1.82) is 0 Å². The van der Waals surface area contributed by atoms with E-state index in [0.29, 0.717) is 36.3 Å². The van der Waals surface area contributed by atoms with Gasteiger partial charge in [0.25, 0.3) is 0 Å². The molecule has 1 unspecified atom stereocenters. The summed E-state index contributed by atoms with van der Waals surface area (Å²) in [5, 5.41) is 9.75. The zero-order valence-corrected chi connectivity index (χ0v) is 11.9. The Morgan fingerprint density at radius 1 is 1.25 bits per heavy atom. The highest BCUT2D eigenvalue weighted by Gasteiger charge is 2.21. The Labute approximate surface area is 123 Å². The first-order valence-electron chi connectivity index (χ1n) is 6.79. The molecule has 20 heavy (non-hydrogen) atoms. The number of fused-ring (bicyclic) bond motifs is 1. The van der Waals surface area contributed by atoms with Crippen LogP contribution in [0.15, 0.2) is 12.1 Å². The van der Waals surface area contributed by atoms with Crippen LogP contribution >= 0.6 is 11.6 Å². The Morgan fingerprint density at radius 2 is 2.10 bits per heavy atom. The van der Waals surface area contributed by atoms with Crippen LogP contribution in [0, 0.1) is 0 Å². The normalized spacial score (nSPS) is 22.8. The van der Waals surface area contributed by atoms with E-state index in [-0.39, 0.29) is 12.7 Å². The van der Waals surface area contributed by atoms with E-state index < -0.39 is 0 Å². The molecule has 0 saturated carbocycles. The maximum atomic E-state index is 9.17. The predicted molar refractivity (Wildman–Crippen MR) is 74.5 cm³/mol. The Bertz CT molecular complexity index is 482. The van der Waals surface area contributed by atoms with E-state index in [1.807, 2.05) is 12.1 Å². The smallest absolute Gasteiger partial charge is 0.179 e. The summed E-state index contributed by atoms with van der Waals surface area (Å²) >= 11 is 6.23. The van der Waals surface area contributed by atoms with Crippen molar-refractivity contribution in [2.75, 3.05) is 39.5 Å². The molecule has 0 radical (unpaired) electrons. The molecule has 5 nitrogen and oxygen atoms in total. The molecule has 1 saturated heterocycles. The van der Waals surface area contributed by atoms with Crippen LogP contribution in [-0.4, -0.2) is 55.6 Å². The molecule has 1 fully saturated rings. The largest absolute Gasteiger partial charge is 0.486 e. The predicted octanol–water partition coefficient (Wildman–Crippen LogP) is 1.30. The van der Waals surface area contributed by atoms with Crippen molar-refractivity contribution in [3.63, 3.8) is 0 Å². The van der Waals surface area contributed by atoms with Crippen molar-refractivity contribution in [1.82, 2.24) is 4.90 Å². The number of ether oxygens (including phenoxy) is 3. The number of morpholine rings is 1. The second kappa shape index (κ2) is 6.18. The molecule has 1 N–H and O–H groups in total. The van der Waals surface area contributed by atoms with Gasteiger partial charge in [-0.05, 0) is 17.7 Å². The van der Waals surface area contributed by atoms with Crippen molar-refractivity contribution in [2.24, 2.45) is 0 Å². The van der Waals surface area contributed by atoms with Crippen LogP contribution in [0.2, 0.25) is 5.02 Å². The highest BCUT2D eigenvalue weighted by Crippen LogP contribution is 2.38. The number of hydrogen-bond acceptors (Lipinski definition) is 5. The lowest BCUT2D eigenvalue weighted by molar-refractivity contribution is -0.0551. The van der Waals surface area contributed by atoms with Gasteiger partial charge in [-0.2, -0.15) is 0 Å². The first-order valence-corrected chi connectivity index (χ1v) is 7.17. The van der Waals surface area contributed by atoms with Gasteiger partial charge in [0, 0.05) is 19.6 Å². The molecule has 0 bridgehead atoms. The third-order valence-corrected chi connectivity index (χ3v) is 3.77. The molecule has 2 heterocycles. The van der Waals surface area contributed by atoms with E-state index in [9.17, 15) is 0 Å². The van der Waals surface area contributed by atoms with Gasteiger partial charge in [0.05, 0.1) is 24.3 Å². The molecule has 6 heteroatoms. The fourth-order valence-corrected chi connectivity index (χ4v) is 2.84. The molecule has 2 aliphatic rings. The Morgan fingerprint density at radius 3 is 2.95 bits per heavy atom. The number of hydrogen-bond donors (Lipinski definition) is 1. The topological polar surface area (TPSA) is 51.2 Å². The van der Waals surface area contributed by atoms with Crippen LogP contribution in [0.3, 0.4) is 0 Å². The minimum atomic E-state index is -0.101. The number of aliphatic hydroxyl groups is 1. The number of rotatable bonds is 3. The van der Waals surface area contributed by atoms with Crippen LogP contribution < -0.4 is 9.47 Å². The highest BCUT2D eigenvalue weighted by atomic mass is 35.5. The SMILES string of the molecule is OCC1CN(Cc2cc(Cl)c3c(c2)OCCO3)CCO1. The maximum absolute atomic E-state index is 9.17. The van der Waals surface area contributed by atoms with E-state index in [0.717, 1.165) is 25.2 Å². The van der Waals surface area contributed by atoms with E-state index in [1.165, 1.54) is 0 Å². The fourth-order valence-electron chi connectivity index (χ4n) is 2.55. The molecule has 0 aliphatic carbocycles. The van der Waals surface area contributed by atoms with Gasteiger partial charge in [0.2, 0.25) is 0 Å². The van der Waals surface area contributed by atoms with Gasteiger partial charge in [0.1, 0.15) is 13.2 Å². The van der Waals surface area contributed by atoms with Crippen LogP contribution in [0.5, 0.6) is 11.5 Å². The molecule has 0 spiro atoms. The summed E-state index contributed by atoms with van der Waals surface area (Å²) in [4.78, 5) is 2.24. The second-order valence-corrected chi connectivity index (χ2v) is 5.42. The highest BCUT2D eigenvalue weighted by molar-refractivity contribution is 6.32. The van der Waals surface area contributed by atoms with Crippen molar-refractivity contribution in [2.45, 2.75) is 12.6 Å². The average molecular weight is 300 g/mol. The first kappa shape index (κ1) is 13.9. The second-order valence-electron chi connectivity index (χ2n) is 5.01. The zero-order chi connectivity index (χ0) is 13.9. The van der Waals surface area contributed by atoms with Crippen LogP contribution in [0.25, 0.3) is 0 Å². The van der Waals surface area contributed by atoms with Gasteiger partial charge in [-0.25, -0.2) is 0 Å². The number of nitrogens with zero attached hydrogens (tertiary/aromatic N) is 1. The third kappa shape index (κ3) is 3.01. The maximum Gasteiger partial charge on any atom is 0.179 e. The molecule has 0 aromatic heterocycles. The van der Waals surface area contributed by atoms with Crippen LogP contribution in [0.4, 0.5) is 0 Å². The van der Waals surface area contributed by atoms with Crippen LogP contribution in [-0.2, 0) is 11.3 Å². The lowest BCUT2D eigenvalue weighted by Gasteiger charge is -2.32. The molecule has 2 aliphatic heterocycles. The number of aliphatic hydroxyl groups excluding tert-OH is 1. The van der Waals surface area contributed by atoms with Gasteiger partial charge in [-0.15, -0.1) is 0 Å². The van der Waals surface area contributed by atoms with Crippen molar-refractivity contribution >= 4 is 11.6 Å². The van der Waals surface area contributed by atoms with Gasteiger partial charge in [0.15, 0.2) is 11.5 Å². The summed E-state index contributed by atoms with van der Waals surface area (Å²) in [5.41, 5.74) is 1.08. The zero-order valence-electron chi connectivity index (χ0n) is 11.2. The summed E-state index contributed by atoms with van der Waals surface area (Å²) in [6.45, 7) is 4.12. The van der Waals surface area contributed by atoms with Crippen molar-refractivity contribution < 1.29 is 19.3 Å². The van der Waals surface area contributed by atoms with Gasteiger partial charge >= 0.3 is 0 Å². The van der Waals surface area contributed by atoms with Crippen molar-refractivity contribution in [3.05, 3.63) is 22.7 Å². The Balaban J connectivity index is 1.72. The van der Waals surface area contributed by atoms with Crippen LogP contribution in [0.1, 0.15) is 5.56 Å². The van der Waals surface area contributed by atoms with E-state index in [2.05, 4.69) is 4.90 Å². The molecule has 1 aromatic carbocycles. The number of benzene rings is 1. The first-order chi connectivity index (χ1) is 9.76. The molecule has 110 valence electrons. The quantitative estimate of drug-likeness (QED) is 0.912. The third-order valence-electron chi connectivity index (χ3n) is 3.49. The minimum absolute atomic E-state index is 0.0540. The lowest BCUT2D eigenvalue weighted by Crippen LogP contribution is -2.43. The monoisotopic (exact) mass is 299 g/mol. The summed E-state index contributed by atoms with van der Waals surface area (Å²) in [6.07, 6.45) is -0.101. The summed E-state index contributed by atoms with van der Waals surface area (Å²) in [6, 6.07) is 3.89. The van der Waals surface area contributed by atoms with Gasteiger partial charge < -0.3 is 19.3 Å². The Kier molecular flexibility index (Phi) is 4.31. The van der Waals surface area contributed by atoms with Gasteiger partial charge in [-0.1, -0.05) is 11.6 Å². The number of halogens is 1. The summed E-state index contributed by atoms with van der Waals surface area (Å²) in [7, 11) is 0. The summed E-state index contributed by atoms with van der Waals surface area (Å²) < 4.78 is 16.5.